The van der Waals surface area contributed by atoms with Crippen LogP contribution in [0.5, 0.6) is 0 Å². The molecule has 2 heteroatoms. The van der Waals surface area contributed by atoms with Crippen LogP contribution < -0.4 is 0 Å². The standard InChI is InChI=1S/C17H20OS/c1-16(2)14-8-9-17(16,11-19)15(18)13(14)10-12-6-4-3-5-7-12/h3-7,10,14,19H,8-9,11H2,1-2H3. The maximum atomic E-state index is 12.8. The number of Topliss-reactive ketones (excluding diaryl/α,β-unsaturated/α-hetero) is 1. The van der Waals surface area contributed by atoms with E-state index in [0.717, 1.165) is 24.0 Å². The first-order chi connectivity index (χ1) is 9.03. The lowest BCUT2D eigenvalue weighted by Gasteiger charge is -2.34. The molecule has 1 nitrogen and oxygen atoms in total. The van der Waals surface area contributed by atoms with Gasteiger partial charge >= 0.3 is 0 Å². The van der Waals surface area contributed by atoms with E-state index >= 15 is 0 Å². The average molecular weight is 272 g/mol. The van der Waals surface area contributed by atoms with Crippen LogP contribution in [0.2, 0.25) is 0 Å². The van der Waals surface area contributed by atoms with Gasteiger partial charge in [0, 0.05) is 16.7 Å². The van der Waals surface area contributed by atoms with Crippen LogP contribution in [-0.2, 0) is 4.79 Å². The molecule has 0 aliphatic heterocycles. The lowest BCUT2D eigenvalue weighted by Crippen LogP contribution is -2.37. The summed E-state index contributed by atoms with van der Waals surface area (Å²) < 4.78 is 0. The summed E-state index contributed by atoms with van der Waals surface area (Å²) in [6.45, 7) is 4.48. The molecule has 0 radical (unpaired) electrons. The molecule has 2 saturated carbocycles. The van der Waals surface area contributed by atoms with Crippen LogP contribution in [-0.4, -0.2) is 11.5 Å². The zero-order chi connectivity index (χ0) is 13.7. The van der Waals surface area contributed by atoms with Crippen LogP contribution in [0.25, 0.3) is 6.08 Å². The lowest BCUT2D eigenvalue weighted by molar-refractivity contribution is -0.125. The maximum absolute atomic E-state index is 12.8. The summed E-state index contributed by atoms with van der Waals surface area (Å²) in [7, 11) is 0. The second-order valence-corrected chi connectivity index (χ2v) is 6.71. The largest absolute Gasteiger partial charge is 0.294 e. The molecule has 0 saturated heterocycles. The first-order valence-corrected chi connectivity index (χ1v) is 7.58. The van der Waals surface area contributed by atoms with Crippen LogP contribution in [0.1, 0.15) is 32.3 Å². The van der Waals surface area contributed by atoms with Crippen molar-refractivity contribution in [3.8, 4) is 0 Å². The van der Waals surface area contributed by atoms with Crippen molar-refractivity contribution in [1.29, 1.82) is 0 Å². The number of thiol groups is 1. The Labute approximate surface area is 120 Å². The predicted molar refractivity (Wildman–Crippen MR) is 82.2 cm³/mol. The Morgan fingerprint density at radius 1 is 1.32 bits per heavy atom. The molecule has 100 valence electrons. The highest BCUT2D eigenvalue weighted by molar-refractivity contribution is 7.80. The van der Waals surface area contributed by atoms with E-state index in [-0.39, 0.29) is 10.8 Å². The summed E-state index contributed by atoms with van der Waals surface area (Å²) in [6.07, 6.45) is 4.22. The van der Waals surface area contributed by atoms with E-state index in [0.29, 0.717) is 17.5 Å². The molecule has 2 fully saturated rings. The number of benzene rings is 1. The highest BCUT2D eigenvalue weighted by Gasteiger charge is 2.65. The SMILES string of the molecule is CC1(C)C2CCC1(CS)C(=O)C2=Cc1ccccc1. The third-order valence-electron chi connectivity index (χ3n) is 5.43. The molecule has 2 atom stereocenters. The minimum absolute atomic E-state index is 0.0481. The van der Waals surface area contributed by atoms with Gasteiger partial charge < -0.3 is 0 Å². The number of carbonyl (C=O) groups is 1. The molecular weight excluding hydrogens is 252 g/mol. The molecule has 1 aromatic carbocycles. The summed E-state index contributed by atoms with van der Waals surface area (Å²) in [4.78, 5) is 12.8. The summed E-state index contributed by atoms with van der Waals surface area (Å²) in [5, 5.41) is 0. The molecule has 0 heterocycles. The van der Waals surface area contributed by atoms with E-state index in [4.69, 9.17) is 0 Å². The fourth-order valence-electron chi connectivity index (χ4n) is 4.04. The second-order valence-electron chi connectivity index (χ2n) is 6.39. The Balaban J connectivity index is 2.07. The first-order valence-electron chi connectivity index (χ1n) is 6.95. The van der Waals surface area contributed by atoms with Crippen molar-refractivity contribution in [2.24, 2.45) is 16.7 Å². The summed E-state index contributed by atoms with van der Waals surface area (Å²) in [6, 6.07) is 10.2. The zero-order valence-electron chi connectivity index (χ0n) is 11.5. The van der Waals surface area contributed by atoms with Crippen LogP contribution in [0, 0.1) is 16.7 Å². The minimum atomic E-state index is -0.235. The van der Waals surface area contributed by atoms with E-state index in [1.165, 1.54) is 0 Å². The molecule has 0 amide bonds. The Morgan fingerprint density at radius 3 is 2.58 bits per heavy atom. The highest BCUT2D eigenvalue weighted by Crippen LogP contribution is 2.66. The predicted octanol–water partition coefficient (Wildman–Crippen LogP) is 4.01. The van der Waals surface area contributed by atoms with E-state index in [2.05, 4.69) is 44.7 Å². The van der Waals surface area contributed by atoms with E-state index in [1.54, 1.807) is 0 Å². The van der Waals surface area contributed by atoms with Gasteiger partial charge in [0.15, 0.2) is 5.78 Å². The van der Waals surface area contributed by atoms with Gasteiger partial charge in [0.2, 0.25) is 0 Å². The van der Waals surface area contributed by atoms with Crippen LogP contribution in [0.15, 0.2) is 35.9 Å². The molecule has 2 aliphatic rings. The lowest BCUT2D eigenvalue weighted by atomic mass is 9.70. The first kappa shape index (κ1) is 13.0. The fraction of sp³-hybridized carbons (Fsp3) is 0.471. The molecule has 0 N–H and O–H groups in total. The van der Waals surface area contributed by atoms with Gasteiger partial charge in [-0.1, -0.05) is 44.2 Å². The van der Waals surface area contributed by atoms with Gasteiger partial charge in [-0.05, 0) is 35.8 Å². The van der Waals surface area contributed by atoms with Crippen LogP contribution in [0.3, 0.4) is 0 Å². The fourth-order valence-corrected chi connectivity index (χ4v) is 4.75. The molecule has 1 aromatic rings. The Hall–Kier alpha value is -1.02. The minimum Gasteiger partial charge on any atom is -0.294 e. The Kier molecular flexibility index (Phi) is 2.90. The van der Waals surface area contributed by atoms with Crippen molar-refractivity contribution >= 4 is 24.5 Å². The van der Waals surface area contributed by atoms with Crippen molar-refractivity contribution in [2.75, 3.05) is 5.75 Å². The van der Waals surface area contributed by atoms with E-state index < -0.39 is 0 Å². The van der Waals surface area contributed by atoms with Gasteiger partial charge in [-0.2, -0.15) is 12.6 Å². The monoisotopic (exact) mass is 272 g/mol. The quantitative estimate of drug-likeness (QED) is 0.636. The van der Waals surface area contributed by atoms with Gasteiger partial charge in [0.05, 0.1) is 0 Å². The Bertz CT molecular complexity index is 544. The van der Waals surface area contributed by atoms with Gasteiger partial charge in [-0.3, -0.25) is 4.79 Å². The number of allylic oxidation sites excluding steroid dienone is 1. The molecular formula is C17H20OS. The van der Waals surface area contributed by atoms with Gasteiger partial charge in [0.1, 0.15) is 0 Å². The zero-order valence-corrected chi connectivity index (χ0v) is 12.4. The number of carbonyl (C=O) groups excluding carboxylic acids is 1. The van der Waals surface area contributed by atoms with Crippen molar-refractivity contribution in [1.82, 2.24) is 0 Å². The highest BCUT2D eigenvalue weighted by atomic mass is 32.1. The molecule has 3 rings (SSSR count). The normalized spacial score (nSPS) is 34.2. The van der Waals surface area contributed by atoms with Gasteiger partial charge in [-0.15, -0.1) is 0 Å². The van der Waals surface area contributed by atoms with Gasteiger partial charge in [-0.25, -0.2) is 0 Å². The molecule has 19 heavy (non-hydrogen) atoms. The Morgan fingerprint density at radius 2 is 2.00 bits per heavy atom. The number of rotatable bonds is 2. The van der Waals surface area contributed by atoms with Crippen LogP contribution in [0.4, 0.5) is 0 Å². The van der Waals surface area contributed by atoms with Crippen molar-refractivity contribution in [3.63, 3.8) is 0 Å². The third kappa shape index (κ3) is 1.59. The van der Waals surface area contributed by atoms with Crippen molar-refractivity contribution < 1.29 is 4.79 Å². The van der Waals surface area contributed by atoms with Crippen LogP contribution >= 0.6 is 12.6 Å². The number of hydrogen-bond donors (Lipinski definition) is 1. The van der Waals surface area contributed by atoms with Gasteiger partial charge in [0.25, 0.3) is 0 Å². The summed E-state index contributed by atoms with van der Waals surface area (Å²) in [5.41, 5.74) is 1.97. The number of hydrogen-bond acceptors (Lipinski definition) is 2. The summed E-state index contributed by atoms with van der Waals surface area (Å²) >= 11 is 4.50. The molecule has 0 aromatic heterocycles. The average Bonchev–Trinajstić information content (AvgIpc) is 2.75. The maximum Gasteiger partial charge on any atom is 0.166 e. The van der Waals surface area contributed by atoms with E-state index in [9.17, 15) is 4.79 Å². The van der Waals surface area contributed by atoms with Crippen molar-refractivity contribution in [3.05, 3.63) is 41.5 Å². The third-order valence-corrected chi connectivity index (χ3v) is 5.97. The summed E-state index contributed by atoms with van der Waals surface area (Å²) in [5.74, 6) is 1.40. The molecule has 2 bridgehead atoms. The van der Waals surface area contributed by atoms with E-state index in [1.807, 2.05) is 18.2 Å². The smallest absolute Gasteiger partial charge is 0.166 e. The topological polar surface area (TPSA) is 17.1 Å². The molecule has 0 spiro atoms. The second kappa shape index (κ2) is 4.24. The molecule has 2 aliphatic carbocycles. The molecule has 2 unspecified atom stereocenters. The van der Waals surface area contributed by atoms with Crippen molar-refractivity contribution in [2.45, 2.75) is 26.7 Å². The number of ketones is 1. The number of fused-ring (bicyclic) bond motifs is 2.